The standard InChI is InChI=1S/C16H24N4O3S/c17-8-14(2-1-3-15-10-18-12-19-15)11-24(22,23)20-9-13-4-6-16(21)7-5-13/h4-7,10,12,14,20-21H,1-3,8-9,11,17H2,(H,18,19). The van der Waals surface area contributed by atoms with Gasteiger partial charge in [0.25, 0.3) is 0 Å². The van der Waals surface area contributed by atoms with Crippen molar-refractivity contribution < 1.29 is 13.5 Å². The molecule has 0 aliphatic carbocycles. The molecule has 2 rings (SSSR count). The monoisotopic (exact) mass is 352 g/mol. The third-order valence-electron chi connectivity index (χ3n) is 3.83. The van der Waals surface area contributed by atoms with E-state index in [4.69, 9.17) is 5.73 Å². The smallest absolute Gasteiger partial charge is 0.212 e. The van der Waals surface area contributed by atoms with Gasteiger partial charge in [0.2, 0.25) is 10.0 Å². The number of aromatic hydroxyl groups is 1. The van der Waals surface area contributed by atoms with E-state index in [2.05, 4.69) is 14.7 Å². The van der Waals surface area contributed by atoms with E-state index in [1.807, 2.05) is 0 Å². The molecule has 24 heavy (non-hydrogen) atoms. The number of imidazole rings is 1. The van der Waals surface area contributed by atoms with Gasteiger partial charge in [-0.25, -0.2) is 18.1 Å². The minimum Gasteiger partial charge on any atom is -0.508 e. The van der Waals surface area contributed by atoms with Crippen molar-refractivity contribution in [2.24, 2.45) is 11.7 Å². The third-order valence-corrected chi connectivity index (χ3v) is 5.33. The molecule has 8 heteroatoms. The summed E-state index contributed by atoms with van der Waals surface area (Å²) in [4.78, 5) is 6.99. The molecule has 1 aromatic heterocycles. The highest BCUT2D eigenvalue weighted by Gasteiger charge is 2.18. The predicted molar refractivity (Wildman–Crippen MR) is 92.8 cm³/mol. The van der Waals surface area contributed by atoms with Crippen molar-refractivity contribution in [2.75, 3.05) is 12.3 Å². The molecule has 0 spiro atoms. The van der Waals surface area contributed by atoms with E-state index in [-0.39, 0.29) is 24.0 Å². The number of phenols is 1. The highest BCUT2D eigenvalue weighted by atomic mass is 32.2. The number of nitrogens with one attached hydrogen (secondary N) is 2. The largest absolute Gasteiger partial charge is 0.508 e. The SMILES string of the molecule is NCC(CCCc1cnc[nH]1)CS(=O)(=O)NCc1ccc(O)cc1. The van der Waals surface area contributed by atoms with Crippen LogP contribution in [0.4, 0.5) is 0 Å². The molecule has 5 N–H and O–H groups in total. The van der Waals surface area contributed by atoms with Crippen molar-refractivity contribution in [1.29, 1.82) is 0 Å². The quantitative estimate of drug-likeness (QED) is 0.511. The molecule has 2 aromatic rings. The second-order valence-electron chi connectivity index (χ2n) is 5.84. The Morgan fingerprint density at radius 3 is 2.67 bits per heavy atom. The molecule has 1 heterocycles. The number of phenolic OH excluding ortho intramolecular Hbond substituents is 1. The molecule has 1 atom stereocenters. The number of sulfonamides is 1. The summed E-state index contributed by atoms with van der Waals surface area (Å²) < 4.78 is 27.0. The third kappa shape index (κ3) is 6.31. The van der Waals surface area contributed by atoms with Crippen LogP contribution in [0.2, 0.25) is 0 Å². The fraction of sp³-hybridized carbons (Fsp3) is 0.438. The molecule has 7 nitrogen and oxygen atoms in total. The van der Waals surface area contributed by atoms with Gasteiger partial charge in [-0.05, 0) is 49.4 Å². The van der Waals surface area contributed by atoms with Gasteiger partial charge in [0, 0.05) is 18.4 Å². The lowest BCUT2D eigenvalue weighted by atomic mass is 10.0. The van der Waals surface area contributed by atoms with Crippen LogP contribution in [0.3, 0.4) is 0 Å². The molecule has 0 bridgehead atoms. The molecule has 0 aliphatic heterocycles. The molecule has 0 fully saturated rings. The van der Waals surface area contributed by atoms with Gasteiger partial charge in [-0.15, -0.1) is 0 Å². The Morgan fingerprint density at radius 2 is 2.04 bits per heavy atom. The Morgan fingerprint density at radius 1 is 1.29 bits per heavy atom. The van der Waals surface area contributed by atoms with Crippen LogP contribution in [0.15, 0.2) is 36.8 Å². The first-order chi connectivity index (χ1) is 11.5. The average Bonchev–Trinajstić information content (AvgIpc) is 3.07. The first-order valence-electron chi connectivity index (χ1n) is 7.91. The Hall–Kier alpha value is -1.90. The minimum absolute atomic E-state index is 0.0184. The average molecular weight is 352 g/mol. The number of nitrogens with zero attached hydrogens (tertiary/aromatic N) is 1. The molecular weight excluding hydrogens is 328 g/mol. The summed E-state index contributed by atoms with van der Waals surface area (Å²) >= 11 is 0. The molecule has 0 saturated carbocycles. The predicted octanol–water partition coefficient (Wildman–Crippen LogP) is 1.13. The second-order valence-corrected chi connectivity index (χ2v) is 7.69. The second kappa shape index (κ2) is 8.81. The number of rotatable bonds is 10. The lowest BCUT2D eigenvalue weighted by Crippen LogP contribution is -2.32. The van der Waals surface area contributed by atoms with Crippen molar-refractivity contribution >= 4 is 10.0 Å². The van der Waals surface area contributed by atoms with Crippen LogP contribution in [0, 0.1) is 5.92 Å². The molecule has 132 valence electrons. The Bertz CT molecular complexity index is 699. The van der Waals surface area contributed by atoms with Crippen LogP contribution in [-0.4, -0.2) is 35.8 Å². The first-order valence-corrected chi connectivity index (χ1v) is 9.56. The fourth-order valence-electron chi connectivity index (χ4n) is 2.45. The zero-order chi connectivity index (χ0) is 17.4. The lowest BCUT2D eigenvalue weighted by molar-refractivity contribution is 0.475. The van der Waals surface area contributed by atoms with Crippen LogP contribution in [0.5, 0.6) is 5.75 Å². The number of hydrogen-bond donors (Lipinski definition) is 4. The van der Waals surface area contributed by atoms with Gasteiger partial charge < -0.3 is 15.8 Å². The van der Waals surface area contributed by atoms with Crippen LogP contribution in [0.1, 0.15) is 24.1 Å². The molecule has 0 aliphatic rings. The van der Waals surface area contributed by atoms with Gasteiger partial charge in [-0.3, -0.25) is 0 Å². The number of aromatic amines is 1. The highest BCUT2D eigenvalue weighted by Crippen LogP contribution is 2.12. The number of aryl methyl sites for hydroxylation is 1. The summed E-state index contributed by atoms with van der Waals surface area (Å²) in [5.74, 6) is 0.0946. The normalized spacial score (nSPS) is 13.0. The van der Waals surface area contributed by atoms with Crippen molar-refractivity contribution in [1.82, 2.24) is 14.7 Å². The molecule has 0 radical (unpaired) electrons. The summed E-state index contributed by atoms with van der Waals surface area (Å²) in [6.45, 7) is 0.539. The summed E-state index contributed by atoms with van der Waals surface area (Å²) in [7, 11) is -3.40. The van der Waals surface area contributed by atoms with Gasteiger partial charge in [0.15, 0.2) is 0 Å². The topological polar surface area (TPSA) is 121 Å². The number of H-pyrrole nitrogens is 1. The summed E-state index contributed by atoms with van der Waals surface area (Å²) in [6.07, 6.45) is 5.84. The van der Waals surface area contributed by atoms with E-state index in [0.717, 1.165) is 30.5 Å². The molecule has 1 unspecified atom stereocenters. The van der Waals surface area contributed by atoms with Gasteiger partial charge in [-0.2, -0.15) is 0 Å². The summed E-state index contributed by atoms with van der Waals surface area (Å²) in [5, 5.41) is 9.23. The molecule has 1 aromatic carbocycles. The van der Waals surface area contributed by atoms with E-state index in [1.54, 1.807) is 24.7 Å². The Kier molecular flexibility index (Phi) is 6.77. The van der Waals surface area contributed by atoms with Crippen LogP contribution >= 0.6 is 0 Å². The zero-order valence-electron chi connectivity index (χ0n) is 13.5. The van der Waals surface area contributed by atoms with Crippen LogP contribution in [-0.2, 0) is 23.0 Å². The number of benzene rings is 1. The van der Waals surface area contributed by atoms with Gasteiger partial charge in [0.05, 0.1) is 12.1 Å². The maximum Gasteiger partial charge on any atom is 0.212 e. The number of hydrogen-bond acceptors (Lipinski definition) is 5. The van der Waals surface area contributed by atoms with Crippen LogP contribution < -0.4 is 10.5 Å². The molecular formula is C16H24N4O3S. The van der Waals surface area contributed by atoms with Crippen molar-refractivity contribution in [2.45, 2.75) is 25.8 Å². The molecule has 0 amide bonds. The summed E-state index contributed by atoms with van der Waals surface area (Å²) in [6, 6.07) is 6.43. The number of aromatic nitrogens is 2. The minimum atomic E-state index is -3.40. The van der Waals surface area contributed by atoms with E-state index in [1.165, 1.54) is 12.1 Å². The van der Waals surface area contributed by atoms with Crippen molar-refractivity contribution in [3.05, 3.63) is 48.0 Å². The Balaban J connectivity index is 1.78. The Labute approximate surface area is 142 Å². The van der Waals surface area contributed by atoms with Gasteiger partial charge >= 0.3 is 0 Å². The number of nitrogens with two attached hydrogens (primary N) is 1. The van der Waals surface area contributed by atoms with E-state index in [9.17, 15) is 13.5 Å². The van der Waals surface area contributed by atoms with E-state index in [0.29, 0.717) is 6.54 Å². The molecule has 0 saturated heterocycles. The van der Waals surface area contributed by atoms with Crippen LogP contribution in [0.25, 0.3) is 0 Å². The van der Waals surface area contributed by atoms with E-state index < -0.39 is 10.0 Å². The maximum atomic E-state index is 12.2. The first kappa shape index (κ1) is 18.4. The maximum absolute atomic E-state index is 12.2. The lowest BCUT2D eigenvalue weighted by Gasteiger charge is -2.15. The van der Waals surface area contributed by atoms with Crippen molar-refractivity contribution in [3.8, 4) is 5.75 Å². The summed E-state index contributed by atoms with van der Waals surface area (Å²) in [5.41, 5.74) is 7.56. The zero-order valence-corrected chi connectivity index (χ0v) is 14.3. The fourth-order valence-corrected chi connectivity index (χ4v) is 3.88. The van der Waals surface area contributed by atoms with Gasteiger partial charge in [-0.1, -0.05) is 12.1 Å². The van der Waals surface area contributed by atoms with E-state index >= 15 is 0 Å². The van der Waals surface area contributed by atoms with Gasteiger partial charge in [0.1, 0.15) is 5.75 Å². The highest BCUT2D eigenvalue weighted by molar-refractivity contribution is 7.89. The van der Waals surface area contributed by atoms with Crippen molar-refractivity contribution in [3.63, 3.8) is 0 Å².